The van der Waals surface area contributed by atoms with Crippen LogP contribution in [0.4, 0.5) is 5.69 Å². The van der Waals surface area contributed by atoms with Crippen LogP contribution in [-0.2, 0) is 14.3 Å². The molecule has 0 fully saturated rings. The van der Waals surface area contributed by atoms with Gasteiger partial charge in [-0.05, 0) is 38.0 Å². The first-order chi connectivity index (χ1) is 11.0. The predicted molar refractivity (Wildman–Crippen MR) is 89.9 cm³/mol. The molecule has 0 aliphatic carbocycles. The summed E-state index contributed by atoms with van der Waals surface area (Å²) in [6, 6.07) is 7.42. The third-order valence-corrected chi connectivity index (χ3v) is 4.07. The molecule has 0 bridgehead atoms. The summed E-state index contributed by atoms with van der Waals surface area (Å²) in [7, 11) is 1.34. The van der Waals surface area contributed by atoms with E-state index in [0.29, 0.717) is 17.8 Å². The summed E-state index contributed by atoms with van der Waals surface area (Å²) in [6.45, 7) is 6.56. The van der Waals surface area contributed by atoms with Crippen molar-refractivity contribution in [1.82, 2.24) is 4.90 Å². The van der Waals surface area contributed by atoms with Crippen LogP contribution in [0, 0.1) is 6.92 Å². The number of hydrogen-bond acceptors (Lipinski definition) is 4. The molecule has 23 heavy (non-hydrogen) atoms. The molecular weight excluding hydrogens is 292 g/mol. The van der Waals surface area contributed by atoms with Crippen LogP contribution < -0.4 is 5.32 Å². The van der Waals surface area contributed by atoms with E-state index >= 15 is 0 Å². The molecule has 0 saturated carbocycles. The van der Waals surface area contributed by atoms with Gasteiger partial charge >= 0.3 is 5.97 Å². The van der Waals surface area contributed by atoms with Crippen molar-refractivity contribution in [1.29, 1.82) is 0 Å². The van der Waals surface area contributed by atoms with E-state index in [1.807, 2.05) is 38.1 Å². The minimum Gasteiger partial charge on any atom is -0.466 e. The number of nitrogens with one attached hydrogen (secondary N) is 1. The highest BCUT2D eigenvalue weighted by atomic mass is 16.5. The molecule has 5 heteroatoms. The number of amides is 1. The maximum atomic E-state index is 12.7. The summed E-state index contributed by atoms with van der Waals surface area (Å²) in [6.07, 6.45) is 1.90. The fourth-order valence-corrected chi connectivity index (χ4v) is 2.79. The Hall–Kier alpha value is -2.30. The third-order valence-electron chi connectivity index (χ3n) is 4.07. The maximum Gasteiger partial charge on any atom is 0.338 e. The molecular formula is C18H24N2O3. The lowest BCUT2D eigenvalue weighted by Crippen LogP contribution is -2.36. The molecule has 2 rings (SSSR count). The van der Waals surface area contributed by atoms with E-state index in [0.717, 1.165) is 24.1 Å². The summed E-state index contributed by atoms with van der Waals surface area (Å²) in [5, 5.41) is 3.12. The molecule has 1 atom stereocenters. The molecule has 1 unspecified atom stereocenters. The van der Waals surface area contributed by atoms with Crippen LogP contribution in [0.25, 0.3) is 0 Å². The lowest BCUT2D eigenvalue weighted by atomic mass is 10.1. The number of carbonyl (C=O) groups excluding carboxylic acids is 2. The Morgan fingerprint density at radius 1 is 1.39 bits per heavy atom. The number of unbranched alkanes of at least 4 members (excludes halogenated alkanes) is 1. The van der Waals surface area contributed by atoms with Gasteiger partial charge in [0.15, 0.2) is 0 Å². The molecule has 5 nitrogen and oxygen atoms in total. The van der Waals surface area contributed by atoms with Crippen molar-refractivity contribution in [3.8, 4) is 0 Å². The van der Waals surface area contributed by atoms with Crippen LogP contribution in [0.5, 0.6) is 0 Å². The van der Waals surface area contributed by atoms with Gasteiger partial charge in [0.1, 0.15) is 5.70 Å². The van der Waals surface area contributed by atoms with Crippen LogP contribution in [-0.4, -0.2) is 36.5 Å². The van der Waals surface area contributed by atoms with Crippen molar-refractivity contribution < 1.29 is 14.3 Å². The van der Waals surface area contributed by atoms with Crippen LogP contribution in [0.1, 0.15) is 32.3 Å². The van der Waals surface area contributed by atoms with E-state index in [4.69, 9.17) is 4.74 Å². The number of methoxy groups -OCH3 is 1. The molecule has 124 valence electrons. The van der Waals surface area contributed by atoms with Gasteiger partial charge in [0.2, 0.25) is 0 Å². The molecule has 1 aromatic rings. The largest absolute Gasteiger partial charge is 0.466 e. The number of rotatable bonds is 6. The minimum absolute atomic E-state index is 0.146. The summed E-state index contributed by atoms with van der Waals surface area (Å²) in [4.78, 5) is 26.6. The van der Waals surface area contributed by atoms with Crippen LogP contribution in [0.2, 0.25) is 0 Å². The van der Waals surface area contributed by atoms with Crippen LogP contribution >= 0.6 is 0 Å². The van der Waals surface area contributed by atoms with Crippen LogP contribution in [0.3, 0.4) is 0 Å². The molecule has 1 heterocycles. The molecule has 0 aromatic heterocycles. The zero-order chi connectivity index (χ0) is 17.0. The molecule has 0 radical (unpaired) electrons. The van der Waals surface area contributed by atoms with Crippen molar-refractivity contribution in [2.45, 2.75) is 39.7 Å². The zero-order valence-corrected chi connectivity index (χ0v) is 14.2. The van der Waals surface area contributed by atoms with Crippen molar-refractivity contribution in [2.75, 3.05) is 19.0 Å². The Labute approximate surface area is 137 Å². The average Bonchev–Trinajstić information content (AvgIpc) is 2.76. The van der Waals surface area contributed by atoms with Crippen molar-refractivity contribution in [2.24, 2.45) is 0 Å². The molecule has 1 amide bonds. The number of esters is 1. The lowest BCUT2D eigenvalue weighted by Gasteiger charge is -2.22. The first-order valence-corrected chi connectivity index (χ1v) is 7.96. The van der Waals surface area contributed by atoms with Gasteiger partial charge in [-0.1, -0.05) is 25.5 Å². The monoisotopic (exact) mass is 316 g/mol. The second-order valence-electron chi connectivity index (χ2n) is 5.80. The fraction of sp³-hybridized carbons (Fsp3) is 0.444. The van der Waals surface area contributed by atoms with Gasteiger partial charge < -0.3 is 15.0 Å². The van der Waals surface area contributed by atoms with E-state index in [9.17, 15) is 9.59 Å². The topological polar surface area (TPSA) is 58.6 Å². The molecule has 1 aliphatic heterocycles. The number of carbonyl (C=O) groups is 2. The van der Waals surface area contributed by atoms with E-state index in [1.165, 1.54) is 7.11 Å². The average molecular weight is 316 g/mol. The summed E-state index contributed by atoms with van der Waals surface area (Å²) < 4.78 is 4.88. The smallest absolute Gasteiger partial charge is 0.338 e. The highest BCUT2D eigenvalue weighted by Gasteiger charge is 2.40. The number of aryl methyl sites for hydroxylation is 1. The minimum atomic E-state index is -0.458. The number of nitrogens with zero attached hydrogens (tertiary/aromatic N) is 1. The van der Waals surface area contributed by atoms with Gasteiger partial charge in [-0.15, -0.1) is 0 Å². The van der Waals surface area contributed by atoms with Crippen LogP contribution in [0.15, 0.2) is 35.5 Å². The predicted octanol–water partition coefficient (Wildman–Crippen LogP) is 2.86. The third kappa shape index (κ3) is 3.55. The molecule has 1 aromatic carbocycles. The Morgan fingerprint density at radius 3 is 2.74 bits per heavy atom. The van der Waals surface area contributed by atoms with E-state index < -0.39 is 5.97 Å². The molecule has 1 aliphatic rings. The first-order valence-electron chi connectivity index (χ1n) is 7.96. The second-order valence-corrected chi connectivity index (χ2v) is 5.80. The fourth-order valence-electron chi connectivity index (χ4n) is 2.79. The highest BCUT2D eigenvalue weighted by Crippen LogP contribution is 2.28. The van der Waals surface area contributed by atoms with Crippen molar-refractivity contribution in [3.05, 3.63) is 41.1 Å². The molecule has 0 saturated heterocycles. The number of hydrogen-bond donors (Lipinski definition) is 1. The van der Waals surface area contributed by atoms with E-state index in [2.05, 4.69) is 12.2 Å². The SMILES string of the molecule is CCCCN1C(=O)C(Nc2cccc(C)c2)=C(C(=O)OC)C1C. The normalized spacial score (nSPS) is 17.7. The lowest BCUT2D eigenvalue weighted by molar-refractivity contribution is -0.136. The number of anilines is 1. The number of benzene rings is 1. The Morgan fingerprint density at radius 2 is 2.13 bits per heavy atom. The Bertz CT molecular complexity index is 637. The second kappa shape index (κ2) is 7.31. The first kappa shape index (κ1) is 17.1. The summed E-state index contributed by atoms with van der Waals surface area (Å²) in [5.41, 5.74) is 2.59. The standard InChI is InChI=1S/C18H24N2O3/c1-5-6-10-20-13(3)15(18(22)23-4)16(17(20)21)19-14-9-7-8-12(2)11-14/h7-9,11,13,19H,5-6,10H2,1-4H3. The molecule has 0 spiro atoms. The van der Waals surface area contributed by atoms with Gasteiger partial charge in [0, 0.05) is 12.2 Å². The zero-order valence-electron chi connectivity index (χ0n) is 14.2. The Kier molecular flexibility index (Phi) is 5.42. The van der Waals surface area contributed by atoms with E-state index in [1.54, 1.807) is 4.90 Å². The maximum absolute atomic E-state index is 12.7. The van der Waals surface area contributed by atoms with E-state index in [-0.39, 0.29) is 11.9 Å². The van der Waals surface area contributed by atoms with Crippen molar-refractivity contribution >= 4 is 17.6 Å². The Balaban J connectivity index is 2.35. The molecule has 1 N–H and O–H groups in total. The van der Waals surface area contributed by atoms with Gasteiger partial charge in [-0.2, -0.15) is 0 Å². The van der Waals surface area contributed by atoms with Crippen molar-refractivity contribution in [3.63, 3.8) is 0 Å². The summed E-state index contributed by atoms with van der Waals surface area (Å²) in [5.74, 6) is -0.604. The van der Waals surface area contributed by atoms with Gasteiger partial charge in [0.05, 0.1) is 18.7 Å². The van der Waals surface area contributed by atoms with Gasteiger partial charge in [0.25, 0.3) is 5.91 Å². The quantitative estimate of drug-likeness (QED) is 0.820. The van der Waals surface area contributed by atoms with Gasteiger partial charge in [-0.25, -0.2) is 4.79 Å². The highest BCUT2D eigenvalue weighted by molar-refractivity contribution is 6.09. The number of ether oxygens (including phenoxy) is 1. The summed E-state index contributed by atoms with van der Waals surface area (Å²) >= 11 is 0. The van der Waals surface area contributed by atoms with Gasteiger partial charge in [-0.3, -0.25) is 4.79 Å².